The lowest BCUT2D eigenvalue weighted by atomic mass is 10.1. The summed E-state index contributed by atoms with van der Waals surface area (Å²) in [7, 11) is 0. The van der Waals surface area contributed by atoms with Crippen LogP contribution in [0.3, 0.4) is 0 Å². The van der Waals surface area contributed by atoms with Gasteiger partial charge in [0.05, 0.1) is 19.0 Å². The molecule has 1 aliphatic heterocycles. The Kier molecular flexibility index (Phi) is 2.81. The van der Waals surface area contributed by atoms with Gasteiger partial charge in [-0.25, -0.2) is 4.99 Å². The first-order chi connectivity index (χ1) is 5.27. The lowest BCUT2D eigenvalue weighted by Crippen LogP contribution is -2.32. The zero-order chi connectivity index (χ0) is 8.27. The van der Waals surface area contributed by atoms with E-state index in [1.807, 2.05) is 0 Å². The van der Waals surface area contributed by atoms with Crippen LogP contribution in [0.2, 0.25) is 0 Å². The normalized spacial score (nSPS) is 38.5. The van der Waals surface area contributed by atoms with Crippen molar-refractivity contribution in [1.29, 1.82) is 0 Å². The second-order valence-corrected chi connectivity index (χ2v) is 2.51. The van der Waals surface area contributed by atoms with Gasteiger partial charge in [0.1, 0.15) is 0 Å². The Labute approximate surface area is 65.0 Å². The van der Waals surface area contributed by atoms with E-state index < -0.39 is 0 Å². The third-order valence-corrected chi connectivity index (χ3v) is 1.72. The second-order valence-electron chi connectivity index (χ2n) is 2.51. The maximum absolute atomic E-state index is 8.73. The molecule has 5 nitrogen and oxygen atoms in total. The van der Waals surface area contributed by atoms with Gasteiger partial charge >= 0.3 is 0 Å². The van der Waals surface area contributed by atoms with Crippen molar-refractivity contribution in [2.75, 3.05) is 6.61 Å². The maximum atomic E-state index is 8.73. The van der Waals surface area contributed by atoms with Crippen molar-refractivity contribution < 1.29 is 9.84 Å². The molecule has 0 aromatic heterocycles. The van der Waals surface area contributed by atoms with Crippen LogP contribution in [0.25, 0.3) is 0 Å². The molecule has 3 atom stereocenters. The van der Waals surface area contributed by atoms with E-state index in [2.05, 4.69) is 4.99 Å². The zero-order valence-electron chi connectivity index (χ0n) is 6.18. The van der Waals surface area contributed by atoms with Gasteiger partial charge in [-0.2, -0.15) is 0 Å². The summed E-state index contributed by atoms with van der Waals surface area (Å²) in [6.45, 7) is -0.0578. The predicted molar refractivity (Wildman–Crippen MR) is 41.0 cm³/mol. The highest BCUT2D eigenvalue weighted by Gasteiger charge is 2.31. The van der Waals surface area contributed by atoms with Crippen molar-refractivity contribution in [2.45, 2.75) is 24.8 Å². The minimum Gasteiger partial charge on any atom is -0.394 e. The van der Waals surface area contributed by atoms with Gasteiger partial charge in [-0.1, -0.05) is 0 Å². The van der Waals surface area contributed by atoms with Gasteiger partial charge in [-0.3, -0.25) is 0 Å². The smallest absolute Gasteiger partial charge is 0.152 e. The summed E-state index contributed by atoms with van der Waals surface area (Å²) in [4.78, 5) is 3.81. The largest absolute Gasteiger partial charge is 0.394 e. The lowest BCUT2D eigenvalue weighted by molar-refractivity contribution is 0.0120. The number of nitrogens with two attached hydrogens (primary N) is 2. The summed E-state index contributed by atoms with van der Waals surface area (Å²) in [5.74, 6) is 0. The minimum absolute atomic E-state index is 0.0578. The number of aliphatic imine (C=N–C) groups is 1. The van der Waals surface area contributed by atoms with Crippen molar-refractivity contribution in [2.24, 2.45) is 16.5 Å². The molecular weight excluding hydrogens is 146 g/mol. The van der Waals surface area contributed by atoms with Crippen molar-refractivity contribution in [3.8, 4) is 0 Å². The molecule has 0 spiro atoms. The Balaban J connectivity index is 2.42. The highest BCUT2D eigenvalue weighted by atomic mass is 16.5. The number of nitrogens with zero attached hydrogens (tertiary/aromatic N) is 1. The minimum atomic E-state index is -0.288. The van der Waals surface area contributed by atoms with Crippen LogP contribution in [-0.2, 0) is 4.74 Å². The number of aliphatic hydroxyl groups excluding tert-OH is 1. The van der Waals surface area contributed by atoms with Crippen LogP contribution in [0.4, 0.5) is 0 Å². The Morgan fingerprint density at radius 3 is 2.91 bits per heavy atom. The fourth-order valence-electron chi connectivity index (χ4n) is 1.11. The molecule has 5 N–H and O–H groups in total. The van der Waals surface area contributed by atoms with Crippen LogP contribution >= 0.6 is 0 Å². The first kappa shape index (κ1) is 8.45. The topological polar surface area (TPSA) is 93.9 Å². The second kappa shape index (κ2) is 3.66. The average Bonchev–Trinajstić information content (AvgIpc) is 2.32. The molecular formula is C6H13N3O2. The number of rotatable bonds is 2. The monoisotopic (exact) mass is 159 g/mol. The SMILES string of the molecule is NC=N[C@H]1C[C@H](N)[C@@H](CO)O1. The van der Waals surface area contributed by atoms with Gasteiger partial charge in [0.25, 0.3) is 0 Å². The van der Waals surface area contributed by atoms with Crippen molar-refractivity contribution in [3.63, 3.8) is 0 Å². The third-order valence-electron chi connectivity index (χ3n) is 1.72. The fourth-order valence-corrected chi connectivity index (χ4v) is 1.11. The Hall–Kier alpha value is -0.650. The molecule has 0 saturated carbocycles. The van der Waals surface area contributed by atoms with E-state index in [-0.39, 0.29) is 25.0 Å². The molecule has 5 heteroatoms. The summed E-state index contributed by atoms with van der Waals surface area (Å²) < 4.78 is 5.21. The van der Waals surface area contributed by atoms with Crippen LogP contribution in [0, 0.1) is 0 Å². The van der Waals surface area contributed by atoms with Gasteiger partial charge < -0.3 is 21.3 Å². The molecule has 0 aromatic carbocycles. The van der Waals surface area contributed by atoms with Gasteiger partial charge in [0.15, 0.2) is 6.23 Å². The fraction of sp³-hybridized carbons (Fsp3) is 0.833. The predicted octanol–water partition coefficient (Wildman–Crippen LogP) is -1.59. The number of hydrogen-bond acceptors (Lipinski definition) is 4. The van der Waals surface area contributed by atoms with Crippen LogP contribution < -0.4 is 11.5 Å². The van der Waals surface area contributed by atoms with Gasteiger partial charge in [-0.15, -0.1) is 0 Å². The first-order valence-electron chi connectivity index (χ1n) is 3.53. The van der Waals surface area contributed by atoms with Crippen molar-refractivity contribution >= 4 is 6.34 Å². The summed E-state index contributed by atoms with van der Waals surface area (Å²) in [6.07, 6.45) is 1.26. The average molecular weight is 159 g/mol. The van der Waals surface area contributed by atoms with Crippen molar-refractivity contribution in [3.05, 3.63) is 0 Å². The zero-order valence-corrected chi connectivity index (χ0v) is 6.18. The quantitative estimate of drug-likeness (QED) is 0.334. The van der Waals surface area contributed by atoms with E-state index >= 15 is 0 Å². The van der Waals surface area contributed by atoms with Crippen LogP contribution in [0.5, 0.6) is 0 Å². The Morgan fingerprint density at radius 1 is 1.73 bits per heavy atom. The summed E-state index contributed by atoms with van der Waals surface area (Å²) >= 11 is 0. The molecule has 0 amide bonds. The van der Waals surface area contributed by atoms with Gasteiger partial charge in [0.2, 0.25) is 0 Å². The summed E-state index contributed by atoms with van der Waals surface area (Å²) in [6, 6.07) is -0.131. The molecule has 0 bridgehead atoms. The summed E-state index contributed by atoms with van der Waals surface area (Å²) in [5, 5.41) is 8.73. The molecule has 0 aromatic rings. The summed E-state index contributed by atoms with van der Waals surface area (Å²) in [5.41, 5.74) is 10.7. The van der Waals surface area contributed by atoms with Crippen LogP contribution in [0.1, 0.15) is 6.42 Å². The first-order valence-corrected chi connectivity index (χ1v) is 3.53. The third kappa shape index (κ3) is 1.89. The molecule has 11 heavy (non-hydrogen) atoms. The number of aliphatic hydroxyl groups is 1. The van der Waals surface area contributed by atoms with Crippen molar-refractivity contribution in [1.82, 2.24) is 0 Å². The van der Waals surface area contributed by atoms with Gasteiger partial charge in [-0.05, 0) is 0 Å². The van der Waals surface area contributed by atoms with E-state index in [1.54, 1.807) is 0 Å². The highest BCUT2D eigenvalue weighted by molar-refractivity contribution is 5.51. The molecule has 1 fully saturated rings. The van der Waals surface area contributed by atoms with Crippen LogP contribution in [-0.4, -0.2) is 36.4 Å². The van der Waals surface area contributed by atoms with Crippen LogP contribution in [0.15, 0.2) is 4.99 Å². The lowest BCUT2D eigenvalue weighted by Gasteiger charge is -2.09. The number of ether oxygens (including phenoxy) is 1. The standard InChI is InChI=1S/C6H13N3O2/c7-3-9-6-1-4(8)5(2-10)11-6/h3-6,10H,1-2,8H2,(H2,7,9)/t4-,5+,6+/m0/s1. The molecule has 0 aliphatic carbocycles. The van der Waals surface area contributed by atoms with E-state index in [4.69, 9.17) is 21.3 Å². The van der Waals surface area contributed by atoms with Gasteiger partial charge in [0, 0.05) is 12.5 Å². The van der Waals surface area contributed by atoms with E-state index in [1.165, 1.54) is 6.34 Å². The Morgan fingerprint density at radius 2 is 2.45 bits per heavy atom. The Bertz CT molecular complexity index is 151. The molecule has 0 radical (unpaired) electrons. The molecule has 1 heterocycles. The molecule has 1 aliphatic rings. The maximum Gasteiger partial charge on any atom is 0.152 e. The molecule has 64 valence electrons. The highest BCUT2D eigenvalue weighted by Crippen LogP contribution is 2.18. The van der Waals surface area contributed by atoms with E-state index in [0.717, 1.165) is 0 Å². The van der Waals surface area contributed by atoms with E-state index in [9.17, 15) is 0 Å². The molecule has 1 rings (SSSR count). The number of hydrogen-bond donors (Lipinski definition) is 3. The molecule has 0 unspecified atom stereocenters. The van der Waals surface area contributed by atoms with E-state index in [0.29, 0.717) is 6.42 Å². The molecule has 1 saturated heterocycles.